The number of aromatic nitrogens is 5. The third-order valence-electron chi connectivity index (χ3n) is 5.36. The number of hydrogen-bond donors (Lipinski definition) is 1. The van der Waals surface area contributed by atoms with Crippen LogP contribution < -0.4 is 9.47 Å². The summed E-state index contributed by atoms with van der Waals surface area (Å²) in [6.07, 6.45) is 5.12. The van der Waals surface area contributed by atoms with Crippen LogP contribution in [0.15, 0.2) is 79.4 Å². The van der Waals surface area contributed by atoms with Crippen LogP contribution in [0.4, 0.5) is 0 Å². The van der Waals surface area contributed by atoms with Gasteiger partial charge in [-0.15, -0.1) is 5.10 Å². The second kappa shape index (κ2) is 7.35. The summed E-state index contributed by atoms with van der Waals surface area (Å²) in [6, 6.07) is 18.5. The van der Waals surface area contributed by atoms with Crippen LogP contribution in [0.5, 0.6) is 23.1 Å². The molecule has 4 heterocycles. The van der Waals surface area contributed by atoms with Gasteiger partial charge in [0.25, 0.3) is 0 Å². The van der Waals surface area contributed by atoms with Gasteiger partial charge in [-0.25, -0.2) is 14.5 Å². The SMILES string of the molecule is Oc1ccc2c(c1)Oc1ncn3nc(COc4ccccc4)nc3c1C2c1cccnc1. The Morgan fingerprint density at radius 3 is 2.81 bits per heavy atom. The number of phenolic OH excluding ortho intramolecular Hbond substituents is 1. The number of para-hydroxylation sites is 1. The van der Waals surface area contributed by atoms with Crippen molar-refractivity contribution in [1.29, 1.82) is 0 Å². The fourth-order valence-electron chi connectivity index (χ4n) is 3.97. The summed E-state index contributed by atoms with van der Waals surface area (Å²) in [6.45, 7) is 0.226. The molecule has 0 amide bonds. The quantitative estimate of drug-likeness (QED) is 0.456. The number of benzene rings is 2. The highest BCUT2D eigenvalue weighted by molar-refractivity contribution is 5.66. The number of fused-ring (bicyclic) bond motifs is 4. The van der Waals surface area contributed by atoms with Crippen molar-refractivity contribution < 1.29 is 14.6 Å². The molecule has 32 heavy (non-hydrogen) atoms. The molecule has 0 radical (unpaired) electrons. The number of rotatable bonds is 4. The highest BCUT2D eigenvalue weighted by Gasteiger charge is 2.33. The zero-order chi connectivity index (χ0) is 21.5. The summed E-state index contributed by atoms with van der Waals surface area (Å²) in [5.41, 5.74) is 3.28. The van der Waals surface area contributed by atoms with Crippen LogP contribution in [0.3, 0.4) is 0 Å². The van der Waals surface area contributed by atoms with Gasteiger partial charge in [-0.05, 0) is 29.8 Å². The fraction of sp³-hybridized carbons (Fsp3) is 0.0833. The minimum atomic E-state index is -0.230. The van der Waals surface area contributed by atoms with Gasteiger partial charge in [0.1, 0.15) is 30.2 Å². The molecule has 0 bridgehead atoms. The van der Waals surface area contributed by atoms with Crippen molar-refractivity contribution in [3.8, 4) is 23.1 Å². The fourth-order valence-corrected chi connectivity index (χ4v) is 3.97. The van der Waals surface area contributed by atoms with E-state index in [-0.39, 0.29) is 18.3 Å². The Balaban J connectivity index is 1.47. The molecule has 8 heteroatoms. The molecule has 156 valence electrons. The van der Waals surface area contributed by atoms with Gasteiger partial charge in [-0.3, -0.25) is 4.98 Å². The lowest BCUT2D eigenvalue weighted by atomic mass is 9.84. The number of phenols is 1. The van der Waals surface area contributed by atoms with E-state index in [0.29, 0.717) is 23.1 Å². The molecule has 1 aliphatic heterocycles. The molecule has 1 aliphatic rings. The summed E-state index contributed by atoms with van der Waals surface area (Å²) in [5.74, 6) is 2.15. The molecule has 0 fully saturated rings. The molecule has 0 aliphatic carbocycles. The monoisotopic (exact) mass is 423 g/mol. The first kappa shape index (κ1) is 18.3. The van der Waals surface area contributed by atoms with Gasteiger partial charge in [0.2, 0.25) is 5.88 Å². The second-order valence-electron chi connectivity index (χ2n) is 7.40. The summed E-state index contributed by atoms with van der Waals surface area (Å²) >= 11 is 0. The van der Waals surface area contributed by atoms with Crippen LogP contribution in [-0.2, 0) is 6.61 Å². The maximum atomic E-state index is 9.97. The molecule has 6 rings (SSSR count). The van der Waals surface area contributed by atoms with Crippen LogP contribution >= 0.6 is 0 Å². The smallest absolute Gasteiger partial charge is 0.228 e. The molecule has 0 saturated heterocycles. The number of pyridine rings is 1. The Morgan fingerprint density at radius 2 is 1.97 bits per heavy atom. The predicted octanol–water partition coefficient (Wildman–Crippen LogP) is 4.09. The third kappa shape index (κ3) is 3.09. The third-order valence-corrected chi connectivity index (χ3v) is 5.36. The van der Waals surface area contributed by atoms with Crippen LogP contribution in [0.1, 0.15) is 28.4 Å². The largest absolute Gasteiger partial charge is 0.508 e. The van der Waals surface area contributed by atoms with Gasteiger partial charge in [-0.2, -0.15) is 0 Å². The first-order chi connectivity index (χ1) is 15.8. The Hall–Kier alpha value is -4.46. The number of aromatic hydroxyl groups is 1. The van der Waals surface area contributed by atoms with E-state index in [9.17, 15) is 5.11 Å². The van der Waals surface area contributed by atoms with E-state index in [1.807, 2.05) is 54.7 Å². The lowest BCUT2D eigenvalue weighted by Crippen LogP contribution is -2.15. The molecule has 1 unspecified atom stereocenters. The van der Waals surface area contributed by atoms with E-state index in [1.54, 1.807) is 29.2 Å². The Morgan fingerprint density at radius 1 is 1.06 bits per heavy atom. The van der Waals surface area contributed by atoms with Crippen molar-refractivity contribution in [3.63, 3.8) is 0 Å². The molecule has 0 saturated carbocycles. The average molecular weight is 423 g/mol. The molecule has 8 nitrogen and oxygen atoms in total. The Kier molecular flexibility index (Phi) is 4.21. The van der Waals surface area contributed by atoms with Crippen LogP contribution in [0.2, 0.25) is 0 Å². The topological polar surface area (TPSA) is 94.7 Å². The number of hydrogen-bond acceptors (Lipinski definition) is 7. The minimum absolute atomic E-state index is 0.126. The summed E-state index contributed by atoms with van der Waals surface area (Å²) in [7, 11) is 0. The van der Waals surface area contributed by atoms with E-state index in [4.69, 9.17) is 14.5 Å². The maximum Gasteiger partial charge on any atom is 0.228 e. The Labute approximate surface area is 182 Å². The van der Waals surface area contributed by atoms with Crippen molar-refractivity contribution in [2.24, 2.45) is 0 Å². The average Bonchev–Trinajstić information content (AvgIpc) is 3.26. The van der Waals surface area contributed by atoms with Crippen LogP contribution in [0.25, 0.3) is 5.65 Å². The van der Waals surface area contributed by atoms with E-state index < -0.39 is 0 Å². The summed E-state index contributed by atoms with van der Waals surface area (Å²) in [5, 5.41) is 14.5. The lowest BCUT2D eigenvalue weighted by Gasteiger charge is -2.27. The zero-order valence-electron chi connectivity index (χ0n) is 16.8. The summed E-state index contributed by atoms with van der Waals surface area (Å²) < 4.78 is 13.5. The molecule has 5 aromatic rings. The van der Waals surface area contributed by atoms with Crippen molar-refractivity contribution >= 4 is 5.65 Å². The first-order valence-electron chi connectivity index (χ1n) is 10.1. The first-order valence-corrected chi connectivity index (χ1v) is 10.1. The van der Waals surface area contributed by atoms with E-state index in [0.717, 1.165) is 22.4 Å². The van der Waals surface area contributed by atoms with Gasteiger partial charge in [-0.1, -0.05) is 30.3 Å². The van der Waals surface area contributed by atoms with Crippen molar-refractivity contribution in [2.75, 3.05) is 0 Å². The zero-order valence-corrected chi connectivity index (χ0v) is 16.8. The number of ether oxygens (including phenoxy) is 2. The second-order valence-corrected chi connectivity index (χ2v) is 7.40. The Bertz CT molecular complexity index is 1420. The molecular formula is C24H17N5O3. The highest BCUT2D eigenvalue weighted by atomic mass is 16.5. The van der Waals surface area contributed by atoms with Gasteiger partial charge in [0, 0.05) is 29.9 Å². The lowest BCUT2D eigenvalue weighted by molar-refractivity contribution is 0.296. The van der Waals surface area contributed by atoms with Crippen molar-refractivity contribution in [2.45, 2.75) is 12.5 Å². The maximum absolute atomic E-state index is 9.97. The van der Waals surface area contributed by atoms with Gasteiger partial charge in [0.15, 0.2) is 11.5 Å². The minimum Gasteiger partial charge on any atom is -0.508 e. The summed E-state index contributed by atoms with van der Waals surface area (Å²) in [4.78, 5) is 13.5. The molecule has 1 atom stereocenters. The molecule has 1 N–H and O–H groups in total. The molecule has 0 spiro atoms. The van der Waals surface area contributed by atoms with Crippen molar-refractivity contribution in [1.82, 2.24) is 24.6 Å². The molecule has 2 aromatic carbocycles. The van der Waals surface area contributed by atoms with Gasteiger partial charge in [0.05, 0.1) is 5.56 Å². The highest BCUT2D eigenvalue weighted by Crippen LogP contribution is 2.48. The normalized spacial score (nSPS) is 14.4. The van der Waals surface area contributed by atoms with Gasteiger partial charge >= 0.3 is 0 Å². The number of nitrogens with zero attached hydrogens (tertiary/aromatic N) is 5. The van der Waals surface area contributed by atoms with E-state index in [1.165, 1.54) is 0 Å². The molecule has 3 aromatic heterocycles. The van der Waals surface area contributed by atoms with E-state index in [2.05, 4.69) is 15.1 Å². The molecular weight excluding hydrogens is 406 g/mol. The van der Waals surface area contributed by atoms with Crippen LogP contribution in [-0.4, -0.2) is 29.7 Å². The standard InChI is InChI=1S/C24H17N5O3/c30-16-8-9-18-19(11-16)32-24-22(21(18)15-5-4-10-25-12-15)23-27-20(28-29(23)14-26-24)13-31-17-6-2-1-3-7-17/h1-12,14,21,30H,13H2. The van der Waals surface area contributed by atoms with Crippen LogP contribution in [0, 0.1) is 0 Å². The predicted molar refractivity (Wildman–Crippen MR) is 115 cm³/mol. The van der Waals surface area contributed by atoms with E-state index >= 15 is 0 Å². The van der Waals surface area contributed by atoms with Gasteiger partial charge < -0.3 is 14.6 Å². The van der Waals surface area contributed by atoms with Crippen molar-refractivity contribution in [3.05, 3.63) is 102 Å².